The summed E-state index contributed by atoms with van der Waals surface area (Å²) in [6.07, 6.45) is 2.68. The van der Waals surface area contributed by atoms with Crippen LogP contribution >= 0.6 is 23.2 Å². The molecular weight excluding hydrogens is 281 g/mol. The summed E-state index contributed by atoms with van der Waals surface area (Å²) < 4.78 is 1.83. The third-order valence-electron chi connectivity index (χ3n) is 3.05. The molecule has 3 aromatic rings. The lowest BCUT2D eigenvalue weighted by atomic mass is 10.1. The molecule has 2 nitrogen and oxygen atoms in total. The van der Waals surface area contributed by atoms with Crippen molar-refractivity contribution in [3.8, 4) is 11.1 Å². The van der Waals surface area contributed by atoms with Gasteiger partial charge in [-0.15, -0.1) is 0 Å². The van der Waals surface area contributed by atoms with Crippen molar-refractivity contribution in [2.24, 2.45) is 0 Å². The van der Waals surface area contributed by atoms with Gasteiger partial charge in [-0.3, -0.25) is 4.79 Å². The van der Waals surface area contributed by atoms with Crippen LogP contribution in [0.15, 0.2) is 48.7 Å². The van der Waals surface area contributed by atoms with Crippen molar-refractivity contribution in [2.45, 2.75) is 0 Å². The Kier molecular flexibility index (Phi) is 3.05. The highest BCUT2D eigenvalue weighted by Crippen LogP contribution is 2.34. The summed E-state index contributed by atoms with van der Waals surface area (Å²) in [6.45, 7) is 0. The smallest absolute Gasteiger partial charge is 0.167 e. The molecule has 0 fully saturated rings. The largest absolute Gasteiger partial charge is 0.314 e. The van der Waals surface area contributed by atoms with Gasteiger partial charge in [-0.1, -0.05) is 29.3 Å². The maximum absolute atomic E-state index is 11.4. The fourth-order valence-corrected chi connectivity index (χ4v) is 2.58. The summed E-state index contributed by atoms with van der Waals surface area (Å²) in [5.41, 5.74) is 3.06. The van der Waals surface area contributed by atoms with Gasteiger partial charge in [-0.2, -0.15) is 0 Å². The Morgan fingerprint density at radius 3 is 2.63 bits per heavy atom. The summed E-state index contributed by atoms with van der Waals surface area (Å²) >= 11 is 12.2. The van der Waals surface area contributed by atoms with Crippen LogP contribution in [0.3, 0.4) is 0 Å². The van der Waals surface area contributed by atoms with Gasteiger partial charge in [0.05, 0.1) is 5.69 Å². The van der Waals surface area contributed by atoms with Gasteiger partial charge in [0.2, 0.25) is 0 Å². The fraction of sp³-hybridized carbons (Fsp3) is 0. The van der Waals surface area contributed by atoms with Crippen molar-refractivity contribution in [2.75, 3.05) is 0 Å². The first-order valence-electron chi connectivity index (χ1n) is 5.71. The molecule has 0 aliphatic carbocycles. The van der Waals surface area contributed by atoms with Crippen LogP contribution < -0.4 is 0 Å². The summed E-state index contributed by atoms with van der Waals surface area (Å²) in [7, 11) is 0. The summed E-state index contributed by atoms with van der Waals surface area (Å²) in [4.78, 5) is 11.4. The van der Waals surface area contributed by atoms with E-state index >= 15 is 0 Å². The van der Waals surface area contributed by atoms with E-state index in [1.807, 2.05) is 34.9 Å². The van der Waals surface area contributed by atoms with E-state index in [0.29, 0.717) is 15.7 Å². The fourth-order valence-electron chi connectivity index (χ4n) is 2.18. The number of rotatable bonds is 2. The number of nitrogens with zero attached hydrogens (tertiary/aromatic N) is 1. The van der Waals surface area contributed by atoms with Crippen molar-refractivity contribution >= 4 is 35.0 Å². The predicted octanol–water partition coefficient (Wildman–Crippen LogP) is 4.73. The SMILES string of the molecule is O=Cc1c(-c2cc(Cl)ccc2Cl)cc2ccccn12. The molecule has 4 heteroatoms. The Hall–Kier alpha value is -1.77. The number of carbonyl (C=O) groups is 1. The van der Waals surface area contributed by atoms with Gasteiger partial charge in [0, 0.05) is 32.9 Å². The van der Waals surface area contributed by atoms with Crippen LogP contribution in [0.2, 0.25) is 10.0 Å². The molecule has 19 heavy (non-hydrogen) atoms. The second-order valence-corrected chi connectivity index (χ2v) is 5.02. The second kappa shape index (κ2) is 4.72. The minimum atomic E-state index is 0.569. The topological polar surface area (TPSA) is 21.5 Å². The third-order valence-corrected chi connectivity index (χ3v) is 3.61. The van der Waals surface area contributed by atoms with Crippen molar-refractivity contribution in [3.05, 3.63) is 64.4 Å². The molecule has 0 radical (unpaired) electrons. The van der Waals surface area contributed by atoms with Gasteiger partial charge in [0.25, 0.3) is 0 Å². The molecule has 0 amide bonds. The number of carbonyl (C=O) groups excluding carboxylic acids is 1. The number of aromatic nitrogens is 1. The summed E-state index contributed by atoms with van der Waals surface area (Å²) in [6, 6.07) is 12.9. The van der Waals surface area contributed by atoms with Crippen LogP contribution in [0.25, 0.3) is 16.6 Å². The summed E-state index contributed by atoms with van der Waals surface area (Å²) in [5, 5.41) is 1.16. The lowest BCUT2D eigenvalue weighted by molar-refractivity contribution is 0.111. The Bertz CT molecular complexity index is 777. The van der Waals surface area contributed by atoms with E-state index in [9.17, 15) is 4.79 Å². The molecule has 94 valence electrons. The molecule has 0 atom stereocenters. The molecule has 0 saturated heterocycles. The molecule has 0 aliphatic heterocycles. The quantitative estimate of drug-likeness (QED) is 0.625. The molecule has 0 bridgehead atoms. The first kappa shape index (κ1) is 12.3. The molecule has 0 saturated carbocycles. The zero-order chi connectivity index (χ0) is 13.4. The molecule has 1 aromatic carbocycles. The normalized spacial score (nSPS) is 10.8. The van der Waals surface area contributed by atoms with Crippen LogP contribution in [0.4, 0.5) is 0 Å². The van der Waals surface area contributed by atoms with Gasteiger partial charge < -0.3 is 4.40 Å². The lowest BCUT2D eigenvalue weighted by Crippen LogP contribution is -1.91. The number of pyridine rings is 1. The molecule has 0 unspecified atom stereocenters. The highest BCUT2D eigenvalue weighted by molar-refractivity contribution is 6.35. The number of hydrogen-bond acceptors (Lipinski definition) is 1. The van der Waals surface area contributed by atoms with E-state index in [2.05, 4.69) is 0 Å². The van der Waals surface area contributed by atoms with E-state index in [0.717, 1.165) is 22.9 Å². The highest BCUT2D eigenvalue weighted by atomic mass is 35.5. The van der Waals surface area contributed by atoms with Gasteiger partial charge in [-0.05, 0) is 36.4 Å². The Morgan fingerprint density at radius 1 is 1.00 bits per heavy atom. The van der Waals surface area contributed by atoms with E-state index in [1.54, 1.807) is 18.2 Å². The van der Waals surface area contributed by atoms with Crippen LogP contribution in [-0.2, 0) is 0 Å². The Balaban J connectivity index is 2.36. The first-order chi connectivity index (χ1) is 9.20. The van der Waals surface area contributed by atoms with Gasteiger partial charge >= 0.3 is 0 Å². The number of halogens is 2. The summed E-state index contributed by atoms with van der Waals surface area (Å²) in [5.74, 6) is 0. The maximum atomic E-state index is 11.4. The third kappa shape index (κ3) is 2.03. The number of hydrogen-bond donors (Lipinski definition) is 0. The van der Waals surface area contributed by atoms with Crippen LogP contribution in [-0.4, -0.2) is 10.7 Å². The standard InChI is InChI=1S/C15H9Cl2NO/c16-10-4-5-14(17)12(7-10)13-8-11-3-1-2-6-18(11)15(13)9-19/h1-9H. The van der Waals surface area contributed by atoms with E-state index in [1.165, 1.54) is 0 Å². The first-order valence-corrected chi connectivity index (χ1v) is 6.47. The number of fused-ring (bicyclic) bond motifs is 1. The zero-order valence-electron chi connectivity index (χ0n) is 9.81. The molecule has 3 rings (SSSR count). The van der Waals surface area contributed by atoms with Gasteiger partial charge in [-0.25, -0.2) is 0 Å². The van der Waals surface area contributed by atoms with E-state index in [4.69, 9.17) is 23.2 Å². The van der Waals surface area contributed by atoms with E-state index in [-0.39, 0.29) is 0 Å². The minimum absolute atomic E-state index is 0.569. The number of aldehydes is 1. The molecular formula is C15H9Cl2NO. The van der Waals surface area contributed by atoms with E-state index < -0.39 is 0 Å². The molecule has 0 spiro atoms. The second-order valence-electron chi connectivity index (χ2n) is 4.18. The van der Waals surface area contributed by atoms with Crippen LogP contribution in [0, 0.1) is 0 Å². The molecule has 0 aliphatic rings. The van der Waals surface area contributed by atoms with Crippen molar-refractivity contribution in [1.82, 2.24) is 4.40 Å². The highest BCUT2D eigenvalue weighted by Gasteiger charge is 2.14. The molecule has 2 heterocycles. The average Bonchev–Trinajstić information content (AvgIpc) is 2.79. The minimum Gasteiger partial charge on any atom is -0.314 e. The molecule has 0 N–H and O–H groups in total. The maximum Gasteiger partial charge on any atom is 0.167 e. The lowest BCUT2D eigenvalue weighted by Gasteiger charge is -2.04. The number of benzene rings is 1. The Labute approximate surface area is 120 Å². The monoisotopic (exact) mass is 289 g/mol. The molecule has 2 aromatic heterocycles. The van der Waals surface area contributed by atoms with Crippen molar-refractivity contribution in [1.29, 1.82) is 0 Å². The zero-order valence-corrected chi connectivity index (χ0v) is 11.3. The van der Waals surface area contributed by atoms with Crippen molar-refractivity contribution < 1.29 is 4.79 Å². The predicted molar refractivity (Wildman–Crippen MR) is 78.2 cm³/mol. The van der Waals surface area contributed by atoms with Crippen molar-refractivity contribution in [3.63, 3.8) is 0 Å². The van der Waals surface area contributed by atoms with Crippen LogP contribution in [0.1, 0.15) is 10.5 Å². The Morgan fingerprint density at radius 2 is 1.84 bits per heavy atom. The van der Waals surface area contributed by atoms with Gasteiger partial charge in [0.15, 0.2) is 6.29 Å². The van der Waals surface area contributed by atoms with Crippen LogP contribution in [0.5, 0.6) is 0 Å². The average molecular weight is 290 g/mol. The van der Waals surface area contributed by atoms with Gasteiger partial charge in [0.1, 0.15) is 0 Å².